The number of carbonyl (C=O) groups is 1. The molecule has 0 radical (unpaired) electrons. The summed E-state index contributed by atoms with van der Waals surface area (Å²) in [5.41, 5.74) is 0. The molecule has 0 bridgehead atoms. The third-order valence-electron chi connectivity index (χ3n) is 2.20. The molecule has 1 aromatic heterocycles. The number of aromatic hydroxyl groups is 2. The highest BCUT2D eigenvalue weighted by atomic mass is 16.7. The summed E-state index contributed by atoms with van der Waals surface area (Å²) >= 11 is 0. The van der Waals surface area contributed by atoms with Gasteiger partial charge in [-0.05, 0) is 0 Å². The van der Waals surface area contributed by atoms with Crippen LogP contribution in [-0.4, -0.2) is 53.1 Å². The van der Waals surface area contributed by atoms with Gasteiger partial charge in [0.15, 0.2) is 0 Å². The van der Waals surface area contributed by atoms with E-state index >= 15 is 0 Å². The van der Waals surface area contributed by atoms with Crippen molar-refractivity contribution in [2.75, 3.05) is 27.7 Å². The van der Waals surface area contributed by atoms with Gasteiger partial charge < -0.3 is 19.5 Å². The Morgan fingerprint density at radius 2 is 1.82 bits per heavy atom. The van der Waals surface area contributed by atoms with E-state index < -0.39 is 5.97 Å². The molecule has 1 heterocycles. The van der Waals surface area contributed by atoms with E-state index in [0.29, 0.717) is 11.2 Å². The zero-order chi connectivity index (χ0) is 13.1. The van der Waals surface area contributed by atoms with Crippen molar-refractivity contribution in [2.45, 2.75) is 12.8 Å². The predicted octanol–water partition coefficient (Wildman–Crippen LogP) is 0.341. The number of hydrogen-bond acceptors (Lipinski definition) is 4. The summed E-state index contributed by atoms with van der Waals surface area (Å²) in [6.45, 7) is 0.846. The number of rotatable bonds is 5. The zero-order valence-corrected chi connectivity index (χ0v) is 10.4. The SMILES string of the molecule is C[N+](C)(C)CCCC(=O)On1c(O)ccc1O. The molecule has 1 rings (SSSR count). The van der Waals surface area contributed by atoms with Crippen LogP contribution >= 0.6 is 0 Å². The highest BCUT2D eigenvalue weighted by Crippen LogP contribution is 2.18. The van der Waals surface area contributed by atoms with E-state index in [1.165, 1.54) is 12.1 Å². The van der Waals surface area contributed by atoms with Gasteiger partial charge in [0.25, 0.3) is 0 Å². The van der Waals surface area contributed by atoms with Crippen molar-refractivity contribution in [3.63, 3.8) is 0 Å². The van der Waals surface area contributed by atoms with Crippen LogP contribution in [-0.2, 0) is 4.79 Å². The maximum atomic E-state index is 11.4. The van der Waals surface area contributed by atoms with E-state index in [1.807, 2.05) is 21.1 Å². The number of aromatic nitrogens is 1. The molecular weight excluding hydrogens is 224 g/mol. The molecule has 0 saturated heterocycles. The van der Waals surface area contributed by atoms with E-state index in [2.05, 4.69) is 0 Å². The molecule has 2 N–H and O–H groups in total. The number of carbonyl (C=O) groups excluding carboxylic acids is 1. The Morgan fingerprint density at radius 3 is 2.29 bits per heavy atom. The highest BCUT2D eigenvalue weighted by molar-refractivity contribution is 5.69. The lowest BCUT2D eigenvalue weighted by Crippen LogP contribution is -2.35. The van der Waals surface area contributed by atoms with E-state index in [4.69, 9.17) is 4.84 Å². The number of hydrogen-bond donors (Lipinski definition) is 2. The van der Waals surface area contributed by atoms with Crippen molar-refractivity contribution >= 4 is 5.97 Å². The van der Waals surface area contributed by atoms with Crippen LogP contribution in [0.3, 0.4) is 0 Å². The first-order valence-corrected chi connectivity index (χ1v) is 5.41. The van der Waals surface area contributed by atoms with Gasteiger partial charge in [-0.25, -0.2) is 4.79 Å². The average Bonchev–Trinajstić information content (AvgIpc) is 2.47. The topological polar surface area (TPSA) is 71.7 Å². The Bertz CT molecular complexity index is 373. The molecule has 17 heavy (non-hydrogen) atoms. The van der Waals surface area contributed by atoms with Gasteiger partial charge in [-0.1, -0.05) is 0 Å². The van der Waals surface area contributed by atoms with Crippen molar-refractivity contribution in [1.82, 2.24) is 4.73 Å². The Labute approximate surface area is 100 Å². The molecule has 6 nitrogen and oxygen atoms in total. The third-order valence-corrected chi connectivity index (χ3v) is 2.20. The molecule has 0 atom stereocenters. The molecule has 0 aliphatic carbocycles. The van der Waals surface area contributed by atoms with Gasteiger partial charge in [-0.15, -0.1) is 4.73 Å². The minimum absolute atomic E-state index is 0.243. The molecule has 6 heteroatoms. The lowest BCUT2D eigenvalue weighted by molar-refractivity contribution is -0.870. The molecule has 0 aliphatic rings. The molecule has 0 unspecified atom stereocenters. The molecule has 0 spiro atoms. The summed E-state index contributed by atoms with van der Waals surface area (Å²) in [5, 5.41) is 18.5. The van der Waals surface area contributed by atoms with Gasteiger partial charge in [-0.2, -0.15) is 0 Å². The summed E-state index contributed by atoms with van der Waals surface area (Å²) in [6, 6.07) is 2.49. The second-order valence-electron chi connectivity index (χ2n) is 4.92. The fourth-order valence-electron chi connectivity index (χ4n) is 1.34. The quantitative estimate of drug-likeness (QED) is 0.732. The Hall–Kier alpha value is -1.69. The fraction of sp³-hybridized carbons (Fsp3) is 0.545. The maximum Gasteiger partial charge on any atom is 0.333 e. The minimum Gasteiger partial charge on any atom is -0.492 e. The van der Waals surface area contributed by atoms with Gasteiger partial charge in [0.1, 0.15) is 0 Å². The molecular formula is C11H19N2O4+. The van der Waals surface area contributed by atoms with Crippen molar-refractivity contribution in [1.29, 1.82) is 0 Å². The highest BCUT2D eigenvalue weighted by Gasteiger charge is 2.13. The van der Waals surface area contributed by atoms with E-state index in [9.17, 15) is 15.0 Å². The minimum atomic E-state index is -0.486. The first-order chi connectivity index (χ1) is 7.79. The van der Waals surface area contributed by atoms with Crippen molar-refractivity contribution in [3.8, 4) is 11.8 Å². The molecule has 96 valence electrons. The van der Waals surface area contributed by atoms with Gasteiger partial charge in [0, 0.05) is 18.6 Å². The van der Waals surface area contributed by atoms with Gasteiger partial charge in [0.2, 0.25) is 11.8 Å². The Morgan fingerprint density at radius 1 is 1.29 bits per heavy atom. The number of quaternary nitrogens is 1. The van der Waals surface area contributed by atoms with Crippen molar-refractivity contribution in [2.24, 2.45) is 0 Å². The first kappa shape index (κ1) is 13.4. The second kappa shape index (κ2) is 5.09. The molecule has 0 fully saturated rings. The van der Waals surface area contributed by atoms with Gasteiger partial charge in [-0.3, -0.25) is 0 Å². The van der Waals surface area contributed by atoms with Gasteiger partial charge in [0.05, 0.1) is 34.1 Å². The van der Waals surface area contributed by atoms with Gasteiger partial charge >= 0.3 is 5.97 Å². The second-order valence-corrected chi connectivity index (χ2v) is 4.92. The van der Waals surface area contributed by atoms with E-state index in [0.717, 1.165) is 11.0 Å². The first-order valence-electron chi connectivity index (χ1n) is 5.41. The molecule has 0 saturated carbocycles. The van der Waals surface area contributed by atoms with Crippen molar-refractivity contribution < 1.29 is 24.3 Å². The lowest BCUT2D eigenvalue weighted by atomic mass is 10.3. The largest absolute Gasteiger partial charge is 0.492 e. The van der Waals surface area contributed by atoms with E-state index in [-0.39, 0.29) is 18.2 Å². The zero-order valence-electron chi connectivity index (χ0n) is 10.4. The normalized spacial score (nSPS) is 11.5. The standard InChI is InChI=1S/C11H18N2O4/c1-13(2,3)8-4-5-11(16)17-12-9(14)6-7-10(12)15/h6-7H,4-5,8H2,1-3H3,(H-,14,15)/p+1. The van der Waals surface area contributed by atoms with Crippen molar-refractivity contribution in [3.05, 3.63) is 12.1 Å². The molecule has 0 amide bonds. The van der Waals surface area contributed by atoms with Crippen LogP contribution in [0.1, 0.15) is 12.8 Å². The summed E-state index contributed by atoms with van der Waals surface area (Å²) in [6.07, 6.45) is 0.928. The summed E-state index contributed by atoms with van der Waals surface area (Å²) in [5.74, 6) is -1.09. The van der Waals surface area contributed by atoms with E-state index in [1.54, 1.807) is 0 Å². The molecule has 0 aromatic carbocycles. The molecule has 1 aromatic rings. The van der Waals surface area contributed by atoms with Crippen LogP contribution < -0.4 is 4.84 Å². The van der Waals surface area contributed by atoms with Crippen LogP contribution in [0.25, 0.3) is 0 Å². The third kappa shape index (κ3) is 4.36. The van der Waals surface area contributed by atoms with Crippen LogP contribution in [0.4, 0.5) is 0 Å². The monoisotopic (exact) mass is 243 g/mol. The number of nitrogens with zero attached hydrogens (tertiary/aromatic N) is 2. The lowest BCUT2D eigenvalue weighted by Gasteiger charge is -2.23. The Balaban J connectivity index is 2.41. The molecule has 0 aliphatic heterocycles. The smallest absolute Gasteiger partial charge is 0.333 e. The maximum absolute atomic E-state index is 11.4. The summed E-state index contributed by atoms with van der Waals surface area (Å²) in [4.78, 5) is 16.2. The Kier molecular flexibility index (Phi) is 4.01. The fourth-order valence-corrected chi connectivity index (χ4v) is 1.34. The summed E-state index contributed by atoms with van der Waals surface area (Å²) in [7, 11) is 6.11. The van der Waals surface area contributed by atoms with Crippen LogP contribution in [0.15, 0.2) is 12.1 Å². The average molecular weight is 243 g/mol. The summed E-state index contributed by atoms with van der Waals surface area (Å²) < 4.78 is 1.47. The predicted molar refractivity (Wildman–Crippen MR) is 61.5 cm³/mol. The van der Waals surface area contributed by atoms with Crippen LogP contribution in [0.5, 0.6) is 11.8 Å². The van der Waals surface area contributed by atoms with Crippen LogP contribution in [0, 0.1) is 0 Å². The van der Waals surface area contributed by atoms with Crippen LogP contribution in [0.2, 0.25) is 0 Å².